The van der Waals surface area contributed by atoms with Gasteiger partial charge in [0.1, 0.15) is 12.2 Å². The lowest BCUT2D eigenvalue weighted by atomic mass is 9.92. The van der Waals surface area contributed by atoms with Gasteiger partial charge in [-0.1, -0.05) is 42.8 Å². The van der Waals surface area contributed by atoms with Gasteiger partial charge in [0.25, 0.3) is 0 Å². The van der Waals surface area contributed by atoms with Crippen molar-refractivity contribution in [2.24, 2.45) is 5.92 Å². The van der Waals surface area contributed by atoms with E-state index in [4.69, 9.17) is 21.4 Å². The number of halogens is 2. The van der Waals surface area contributed by atoms with Crippen molar-refractivity contribution in [3.8, 4) is 5.75 Å². The number of nitrogens with one attached hydrogen (secondary N) is 1. The number of likely N-dealkylation sites (tertiary alicyclic amines) is 1. The summed E-state index contributed by atoms with van der Waals surface area (Å²) >= 11 is 5.97. The molecule has 0 radical (unpaired) electrons. The molecule has 0 amide bonds. The fourth-order valence-electron chi connectivity index (χ4n) is 4.17. The number of piperidine rings is 1. The summed E-state index contributed by atoms with van der Waals surface area (Å²) in [7, 11) is 0. The fourth-order valence-corrected chi connectivity index (χ4v) is 4.30. The summed E-state index contributed by atoms with van der Waals surface area (Å²) in [6.45, 7) is 6.69. The van der Waals surface area contributed by atoms with Crippen LogP contribution in [0.3, 0.4) is 0 Å². The molecule has 2 aromatic rings. The van der Waals surface area contributed by atoms with Gasteiger partial charge in [0.15, 0.2) is 11.6 Å². The molecule has 6 nitrogen and oxygen atoms in total. The van der Waals surface area contributed by atoms with Crippen molar-refractivity contribution < 1.29 is 24.1 Å². The quantitative estimate of drug-likeness (QED) is 0.482. The number of carbonyl (C=O) groups is 1. The molecule has 0 aliphatic carbocycles. The Morgan fingerprint density at radius 2 is 2.03 bits per heavy atom. The van der Waals surface area contributed by atoms with Crippen molar-refractivity contribution in [1.82, 2.24) is 10.2 Å². The number of benzene rings is 2. The third kappa shape index (κ3) is 7.67. The number of para-hydroxylation sites is 1. The molecule has 0 aromatic heterocycles. The zero-order valence-corrected chi connectivity index (χ0v) is 19.8. The van der Waals surface area contributed by atoms with Crippen LogP contribution in [-0.2, 0) is 17.8 Å². The van der Waals surface area contributed by atoms with Gasteiger partial charge in [-0.2, -0.15) is 0 Å². The zero-order valence-electron chi connectivity index (χ0n) is 19.1. The predicted octanol–water partition coefficient (Wildman–Crippen LogP) is 3.74. The van der Waals surface area contributed by atoms with Gasteiger partial charge in [-0.3, -0.25) is 9.69 Å². The SMILES string of the molecule is C[C@@H]1CN(Cc2ccc(Cl)cc2)CC[C@H]1NC[C@](C)(O)COc1c(F)cccc1CC(=O)O. The van der Waals surface area contributed by atoms with Gasteiger partial charge in [0, 0.05) is 36.3 Å². The van der Waals surface area contributed by atoms with E-state index >= 15 is 0 Å². The van der Waals surface area contributed by atoms with E-state index in [1.165, 1.54) is 23.8 Å². The van der Waals surface area contributed by atoms with Gasteiger partial charge in [-0.15, -0.1) is 0 Å². The minimum absolute atomic E-state index is 0.121. The maximum atomic E-state index is 14.2. The van der Waals surface area contributed by atoms with E-state index in [2.05, 4.69) is 17.1 Å². The first-order valence-corrected chi connectivity index (χ1v) is 11.6. The van der Waals surface area contributed by atoms with Crippen LogP contribution >= 0.6 is 11.6 Å². The summed E-state index contributed by atoms with van der Waals surface area (Å²) in [5, 5.41) is 24.0. The Bertz CT molecular complexity index is 939. The van der Waals surface area contributed by atoms with Crippen molar-refractivity contribution >= 4 is 17.6 Å². The maximum Gasteiger partial charge on any atom is 0.307 e. The number of carboxylic acids is 1. The Hall–Kier alpha value is -2.19. The Kier molecular flexibility index (Phi) is 8.70. The highest BCUT2D eigenvalue weighted by Crippen LogP contribution is 2.25. The molecule has 180 valence electrons. The average Bonchev–Trinajstić information content (AvgIpc) is 2.74. The summed E-state index contributed by atoms with van der Waals surface area (Å²) in [5.41, 5.74) is 0.226. The minimum Gasteiger partial charge on any atom is -0.487 e. The zero-order chi connectivity index (χ0) is 24.0. The number of ether oxygens (including phenoxy) is 1. The lowest BCUT2D eigenvalue weighted by Crippen LogP contribution is -2.52. The summed E-state index contributed by atoms with van der Waals surface area (Å²) in [6.07, 6.45) is 0.599. The molecule has 1 fully saturated rings. The van der Waals surface area contributed by atoms with E-state index in [-0.39, 0.29) is 36.9 Å². The Balaban J connectivity index is 1.48. The maximum absolute atomic E-state index is 14.2. The lowest BCUT2D eigenvalue weighted by Gasteiger charge is -2.38. The number of aliphatic hydroxyl groups is 1. The van der Waals surface area contributed by atoms with E-state index in [1.54, 1.807) is 6.92 Å². The van der Waals surface area contributed by atoms with Gasteiger partial charge in [0.05, 0.1) is 6.42 Å². The van der Waals surface area contributed by atoms with E-state index in [0.29, 0.717) is 5.92 Å². The molecular formula is C25H32ClFN2O4. The molecule has 0 spiro atoms. The standard InChI is InChI=1S/C25H32ClFN2O4/c1-17-13-29(14-18-6-8-20(26)9-7-18)11-10-22(17)28-15-25(2,32)16-33-24-19(12-23(30)31)4-3-5-21(24)27/h3-9,17,22,28,32H,10-16H2,1-2H3,(H,30,31)/t17-,22-,25+/m1/s1. The molecule has 2 aromatic carbocycles. The molecule has 0 unspecified atom stereocenters. The first kappa shape index (κ1) is 25.4. The summed E-state index contributed by atoms with van der Waals surface area (Å²) in [4.78, 5) is 13.4. The summed E-state index contributed by atoms with van der Waals surface area (Å²) in [5.74, 6) is -1.45. The second kappa shape index (κ2) is 11.3. The molecule has 0 bridgehead atoms. The van der Waals surface area contributed by atoms with E-state index in [1.807, 2.05) is 24.3 Å². The van der Waals surface area contributed by atoms with Crippen molar-refractivity contribution in [3.05, 3.63) is 64.4 Å². The number of carboxylic acid groups (broad SMARTS) is 1. The van der Waals surface area contributed by atoms with Crippen LogP contribution in [0, 0.1) is 11.7 Å². The molecular weight excluding hydrogens is 447 g/mol. The predicted molar refractivity (Wildman–Crippen MR) is 126 cm³/mol. The lowest BCUT2D eigenvalue weighted by molar-refractivity contribution is -0.136. The highest BCUT2D eigenvalue weighted by atomic mass is 35.5. The average molecular weight is 479 g/mol. The van der Waals surface area contributed by atoms with Crippen LogP contribution in [0.2, 0.25) is 5.02 Å². The highest BCUT2D eigenvalue weighted by Gasteiger charge is 2.29. The van der Waals surface area contributed by atoms with Gasteiger partial charge in [-0.25, -0.2) is 4.39 Å². The third-order valence-corrected chi connectivity index (χ3v) is 6.22. The Morgan fingerprint density at radius 3 is 2.70 bits per heavy atom. The van der Waals surface area contributed by atoms with E-state index < -0.39 is 17.4 Å². The molecule has 3 atom stereocenters. The van der Waals surface area contributed by atoms with Crippen LogP contribution in [-0.4, -0.2) is 59.0 Å². The van der Waals surface area contributed by atoms with Crippen molar-refractivity contribution in [1.29, 1.82) is 0 Å². The fraction of sp³-hybridized carbons (Fsp3) is 0.480. The summed E-state index contributed by atoms with van der Waals surface area (Å²) < 4.78 is 19.7. The molecule has 8 heteroatoms. The molecule has 1 saturated heterocycles. The van der Waals surface area contributed by atoms with Crippen molar-refractivity contribution in [3.63, 3.8) is 0 Å². The molecule has 1 heterocycles. The van der Waals surface area contributed by atoms with Crippen LogP contribution < -0.4 is 10.1 Å². The second-order valence-corrected chi connectivity index (χ2v) is 9.64. The topological polar surface area (TPSA) is 82.0 Å². The second-order valence-electron chi connectivity index (χ2n) is 9.20. The summed E-state index contributed by atoms with van der Waals surface area (Å²) in [6, 6.07) is 12.3. The van der Waals surface area contributed by atoms with Gasteiger partial charge >= 0.3 is 5.97 Å². The largest absolute Gasteiger partial charge is 0.487 e. The van der Waals surface area contributed by atoms with Crippen LogP contribution in [0.5, 0.6) is 5.75 Å². The van der Waals surface area contributed by atoms with E-state index in [9.17, 15) is 14.3 Å². The number of rotatable bonds is 10. The monoisotopic (exact) mass is 478 g/mol. The van der Waals surface area contributed by atoms with E-state index in [0.717, 1.165) is 31.1 Å². The normalized spacial score (nSPS) is 20.9. The van der Waals surface area contributed by atoms with Crippen LogP contribution in [0.1, 0.15) is 31.4 Å². The van der Waals surface area contributed by atoms with Crippen LogP contribution in [0.25, 0.3) is 0 Å². The molecule has 1 aliphatic rings. The van der Waals surface area contributed by atoms with Gasteiger partial charge in [0.2, 0.25) is 0 Å². The number of nitrogens with zero attached hydrogens (tertiary/aromatic N) is 1. The first-order valence-electron chi connectivity index (χ1n) is 11.2. The molecule has 3 N–H and O–H groups in total. The highest BCUT2D eigenvalue weighted by molar-refractivity contribution is 6.30. The van der Waals surface area contributed by atoms with Gasteiger partial charge in [-0.05, 0) is 49.6 Å². The first-order chi connectivity index (χ1) is 15.6. The number of aliphatic carboxylic acids is 1. The van der Waals surface area contributed by atoms with Crippen molar-refractivity contribution in [2.75, 3.05) is 26.2 Å². The molecule has 3 rings (SSSR count). The Morgan fingerprint density at radius 1 is 1.30 bits per heavy atom. The number of hydrogen-bond donors (Lipinski definition) is 3. The third-order valence-electron chi connectivity index (χ3n) is 5.97. The molecule has 1 aliphatic heterocycles. The van der Waals surface area contributed by atoms with Crippen LogP contribution in [0.15, 0.2) is 42.5 Å². The minimum atomic E-state index is -1.25. The Labute approximate surface area is 199 Å². The molecule has 0 saturated carbocycles. The van der Waals surface area contributed by atoms with Gasteiger partial charge < -0.3 is 20.3 Å². The molecule has 33 heavy (non-hydrogen) atoms. The smallest absolute Gasteiger partial charge is 0.307 e. The van der Waals surface area contributed by atoms with Crippen LogP contribution in [0.4, 0.5) is 4.39 Å². The number of hydrogen-bond acceptors (Lipinski definition) is 5. The van der Waals surface area contributed by atoms with Crippen molar-refractivity contribution in [2.45, 2.75) is 44.9 Å².